The summed E-state index contributed by atoms with van der Waals surface area (Å²) in [6, 6.07) is 17.4. The number of esters is 1. The van der Waals surface area contributed by atoms with Crippen molar-refractivity contribution in [2.24, 2.45) is 0 Å². The van der Waals surface area contributed by atoms with Crippen molar-refractivity contribution in [2.45, 2.75) is 44.7 Å². The van der Waals surface area contributed by atoms with Crippen LogP contribution in [-0.4, -0.2) is 90.6 Å². The van der Waals surface area contributed by atoms with Gasteiger partial charge in [0.25, 0.3) is 0 Å². The van der Waals surface area contributed by atoms with Crippen molar-refractivity contribution < 1.29 is 42.7 Å². The number of urea groups is 1. The molecule has 0 spiro atoms. The number of benzene rings is 4. The van der Waals surface area contributed by atoms with Crippen molar-refractivity contribution in [1.82, 2.24) is 15.1 Å². The lowest BCUT2D eigenvalue weighted by Gasteiger charge is -2.37. The van der Waals surface area contributed by atoms with E-state index in [2.05, 4.69) is 65.4 Å². The quantitative estimate of drug-likeness (QED) is 0.1000. The van der Waals surface area contributed by atoms with Crippen molar-refractivity contribution in [3.63, 3.8) is 0 Å². The Hall–Kier alpha value is -5.92. The standard InChI is InChI=1S/C45H52N4O9/c1-26(2)44(50)56-18-15-46-45(51)47-33-25-37(53-6)38-23-30(33)20-35-41-29(14-17-49(35)4)22-40(54-7)42(55-8)43(41)58-39-24-32-28(21-36(39)52-5)13-16-48(3)34(32)19-27-9-11-31(57-38)12-10-27/h9-12,21-25,34-35H,1,13-20H2,2-8H3,(H2,46,47,51)/t34-,35-/m0/s1. The normalized spacial score (nSPS) is 17.3. The predicted octanol–water partition coefficient (Wildman–Crippen LogP) is 7.40. The molecule has 13 heteroatoms. The number of amides is 2. The van der Waals surface area contributed by atoms with Gasteiger partial charge in [-0.15, -0.1) is 0 Å². The third-order valence-corrected chi connectivity index (χ3v) is 11.2. The zero-order valence-electron chi connectivity index (χ0n) is 34.3. The topological polar surface area (TPSA) is 129 Å². The first-order valence-corrected chi connectivity index (χ1v) is 19.4. The molecule has 0 unspecified atom stereocenters. The molecule has 4 aliphatic heterocycles. The Morgan fingerprint density at radius 2 is 1.43 bits per heavy atom. The van der Waals surface area contributed by atoms with Gasteiger partial charge in [0.2, 0.25) is 5.75 Å². The van der Waals surface area contributed by atoms with E-state index in [9.17, 15) is 9.59 Å². The van der Waals surface area contributed by atoms with Crippen LogP contribution >= 0.6 is 0 Å². The molecule has 0 aliphatic carbocycles. The number of anilines is 1. The number of nitrogens with one attached hydrogen (secondary N) is 2. The molecule has 13 nitrogen and oxygen atoms in total. The first-order valence-electron chi connectivity index (χ1n) is 19.4. The Kier molecular flexibility index (Phi) is 12.0. The third-order valence-electron chi connectivity index (χ3n) is 11.2. The molecule has 2 N–H and O–H groups in total. The number of carbonyl (C=O) groups excluding carboxylic acids is 2. The molecule has 4 aromatic rings. The van der Waals surface area contributed by atoms with E-state index in [0.29, 0.717) is 58.1 Å². The summed E-state index contributed by atoms with van der Waals surface area (Å²) in [5, 5.41) is 5.79. The summed E-state index contributed by atoms with van der Waals surface area (Å²) in [5.74, 6) is 3.81. The van der Waals surface area contributed by atoms with Gasteiger partial charge in [0.15, 0.2) is 34.5 Å². The van der Waals surface area contributed by atoms with Crippen molar-refractivity contribution in [1.29, 1.82) is 0 Å². The summed E-state index contributed by atoms with van der Waals surface area (Å²) in [5.41, 5.74) is 7.12. The maximum absolute atomic E-state index is 13.4. The van der Waals surface area contributed by atoms with Gasteiger partial charge >= 0.3 is 12.0 Å². The van der Waals surface area contributed by atoms with Gasteiger partial charge in [-0.2, -0.15) is 0 Å². The first-order chi connectivity index (χ1) is 28.0. The summed E-state index contributed by atoms with van der Waals surface area (Å²) >= 11 is 0. The minimum atomic E-state index is -0.520. The minimum absolute atomic E-state index is 0.00898. The van der Waals surface area contributed by atoms with Gasteiger partial charge in [0, 0.05) is 48.1 Å². The number of methoxy groups -OCH3 is 4. The van der Waals surface area contributed by atoms with Gasteiger partial charge in [-0.3, -0.25) is 9.80 Å². The fourth-order valence-corrected chi connectivity index (χ4v) is 8.06. The minimum Gasteiger partial charge on any atom is -0.493 e. The zero-order valence-corrected chi connectivity index (χ0v) is 34.3. The Labute approximate surface area is 339 Å². The number of carbonyl (C=O) groups is 2. The fourth-order valence-electron chi connectivity index (χ4n) is 8.06. The second-order valence-corrected chi connectivity index (χ2v) is 14.9. The van der Waals surface area contributed by atoms with Crippen LogP contribution in [0.5, 0.6) is 46.0 Å². The van der Waals surface area contributed by atoms with Gasteiger partial charge < -0.3 is 43.8 Å². The first kappa shape index (κ1) is 40.3. The largest absolute Gasteiger partial charge is 0.493 e. The molecule has 4 aliphatic rings. The highest BCUT2D eigenvalue weighted by molar-refractivity contribution is 5.91. The van der Waals surface area contributed by atoms with E-state index in [1.807, 2.05) is 24.3 Å². The predicted molar refractivity (Wildman–Crippen MR) is 220 cm³/mol. The molecular weight excluding hydrogens is 741 g/mol. The van der Waals surface area contributed by atoms with Crippen molar-refractivity contribution in [2.75, 3.05) is 74.1 Å². The lowest BCUT2D eigenvalue weighted by molar-refractivity contribution is -0.138. The second-order valence-electron chi connectivity index (χ2n) is 14.9. The van der Waals surface area contributed by atoms with Crippen molar-refractivity contribution in [3.05, 3.63) is 100 Å². The smallest absolute Gasteiger partial charge is 0.333 e. The Balaban J connectivity index is 1.38. The SMILES string of the molecule is C=C(C)C(=O)OCCNC(=O)Nc1cc(OC)c2cc1C[C@H]1c3c(cc(OC)c(OC)c3Oc3cc4c(cc3OC)CCN(C)[C@H]4Cc3ccc(cc3)O2)CCN1C. The van der Waals surface area contributed by atoms with Crippen molar-refractivity contribution in [3.8, 4) is 46.0 Å². The maximum atomic E-state index is 13.4. The molecule has 0 aromatic heterocycles. The van der Waals surface area contributed by atoms with E-state index in [-0.39, 0.29) is 30.8 Å². The highest BCUT2D eigenvalue weighted by Gasteiger charge is 2.35. The highest BCUT2D eigenvalue weighted by atomic mass is 16.5. The van der Waals surface area contributed by atoms with E-state index in [0.717, 1.165) is 54.6 Å². The Bertz CT molecular complexity index is 2210. The lowest BCUT2D eigenvalue weighted by atomic mass is 9.86. The average Bonchev–Trinajstić information content (AvgIpc) is 3.22. The summed E-state index contributed by atoms with van der Waals surface area (Å²) in [4.78, 5) is 29.9. The van der Waals surface area contributed by atoms with Crippen LogP contribution < -0.4 is 39.1 Å². The molecule has 0 radical (unpaired) electrons. The van der Waals surface area contributed by atoms with Crippen LogP contribution in [0.1, 0.15) is 52.4 Å². The van der Waals surface area contributed by atoms with Crippen LogP contribution in [0.4, 0.5) is 10.5 Å². The molecule has 0 fully saturated rings. The number of nitrogens with zero attached hydrogens (tertiary/aromatic N) is 2. The molecule has 2 atom stereocenters. The molecular formula is C45H52N4O9. The average molecular weight is 793 g/mol. The zero-order chi connectivity index (χ0) is 41.1. The van der Waals surface area contributed by atoms with Crippen LogP contribution in [0, 0.1) is 0 Å². The second kappa shape index (κ2) is 17.3. The molecule has 0 saturated carbocycles. The maximum Gasteiger partial charge on any atom is 0.333 e. The highest BCUT2D eigenvalue weighted by Crippen LogP contribution is 2.52. The molecule has 4 heterocycles. The van der Waals surface area contributed by atoms with Crippen LogP contribution in [0.2, 0.25) is 0 Å². The number of hydrogen-bond donors (Lipinski definition) is 2. The molecule has 0 saturated heterocycles. The van der Waals surface area contributed by atoms with E-state index in [1.54, 1.807) is 41.4 Å². The van der Waals surface area contributed by atoms with Gasteiger partial charge in [0.05, 0.1) is 35.0 Å². The van der Waals surface area contributed by atoms with Crippen molar-refractivity contribution >= 4 is 17.7 Å². The van der Waals surface area contributed by atoms with Gasteiger partial charge in [-0.25, -0.2) is 9.59 Å². The van der Waals surface area contributed by atoms with E-state index >= 15 is 0 Å². The fraction of sp³-hybridized carbons (Fsp3) is 0.378. The molecule has 58 heavy (non-hydrogen) atoms. The van der Waals surface area contributed by atoms with Gasteiger partial charge in [0.1, 0.15) is 12.4 Å². The molecule has 4 aromatic carbocycles. The molecule has 6 bridgehead atoms. The molecule has 2 amide bonds. The van der Waals surface area contributed by atoms with E-state index in [1.165, 1.54) is 11.1 Å². The third kappa shape index (κ3) is 8.23. The number of fused-ring (bicyclic) bond motifs is 2. The number of likely N-dealkylation sites (N-methyl/N-ethyl adjacent to an activating group) is 2. The summed E-state index contributed by atoms with van der Waals surface area (Å²) in [6.45, 7) is 6.92. The molecule has 8 rings (SSSR count). The number of ether oxygens (including phenoxy) is 7. The Morgan fingerprint density at radius 1 is 0.776 bits per heavy atom. The van der Waals surface area contributed by atoms with Crippen LogP contribution in [0.15, 0.2) is 66.7 Å². The number of rotatable bonds is 9. The van der Waals surface area contributed by atoms with Gasteiger partial charge in [-0.1, -0.05) is 18.7 Å². The van der Waals surface area contributed by atoms with Gasteiger partial charge in [-0.05, 0) is 111 Å². The number of hydrogen-bond acceptors (Lipinski definition) is 11. The van der Waals surface area contributed by atoms with Crippen LogP contribution in [0.25, 0.3) is 0 Å². The molecule has 306 valence electrons. The monoisotopic (exact) mass is 792 g/mol. The van der Waals surface area contributed by atoms with Crippen LogP contribution in [0.3, 0.4) is 0 Å². The van der Waals surface area contributed by atoms with E-state index < -0.39 is 12.0 Å². The van der Waals surface area contributed by atoms with E-state index in [4.69, 9.17) is 33.2 Å². The lowest BCUT2D eigenvalue weighted by Crippen LogP contribution is -2.35. The summed E-state index contributed by atoms with van der Waals surface area (Å²) in [7, 11) is 10.7. The van der Waals surface area contributed by atoms with Crippen LogP contribution in [-0.2, 0) is 35.2 Å². The summed E-state index contributed by atoms with van der Waals surface area (Å²) < 4.78 is 42.7. The summed E-state index contributed by atoms with van der Waals surface area (Å²) in [6.07, 6.45) is 2.82. The Morgan fingerprint density at radius 3 is 2.12 bits per heavy atom.